The number of carbonyl (C=O) groups excluding carboxylic acids is 1. The van der Waals surface area contributed by atoms with Crippen LogP contribution < -0.4 is 0 Å². The van der Waals surface area contributed by atoms with E-state index in [0.717, 1.165) is 38.8 Å². The summed E-state index contributed by atoms with van der Waals surface area (Å²) in [6, 6.07) is 0. The predicted molar refractivity (Wildman–Crippen MR) is 36.7 cm³/mol. The SMILES string of the molecule is O=CC1CC12CCOCC2. The van der Waals surface area contributed by atoms with Crippen molar-refractivity contribution in [3.8, 4) is 0 Å². The van der Waals surface area contributed by atoms with Crippen molar-refractivity contribution in [1.29, 1.82) is 0 Å². The minimum absolute atomic E-state index is 0.372. The third-order valence-corrected chi connectivity index (χ3v) is 2.91. The smallest absolute Gasteiger partial charge is 0.123 e. The van der Waals surface area contributed by atoms with Gasteiger partial charge in [-0.15, -0.1) is 0 Å². The van der Waals surface area contributed by atoms with E-state index < -0.39 is 0 Å². The van der Waals surface area contributed by atoms with Crippen molar-refractivity contribution in [3.63, 3.8) is 0 Å². The standard InChI is InChI=1S/C8H12O2/c9-6-7-5-8(7)1-3-10-4-2-8/h6-7H,1-5H2. The molecular weight excluding hydrogens is 128 g/mol. The van der Waals surface area contributed by atoms with Gasteiger partial charge in [0, 0.05) is 19.1 Å². The first-order chi connectivity index (χ1) is 4.87. The first-order valence-electron chi connectivity index (χ1n) is 3.90. The molecule has 1 atom stereocenters. The van der Waals surface area contributed by atoms with Crippen molar-refractivity contribution < 1.29 is 9.53 Å². The molecule has 0 aromatic heterocycles. The number of hydrogen-bond acceptors (Lipinski definition) is 2. The molecule has 1 aliphatic heterocycles. The molecule has 1 saturated heterocycles. The first kappa shape index (κ1) is 6.35. The minimum atomic E-state index is 0.372. The third-order valence-electron chi connectivity index (χ3n) is 2.91. The van der Waals surface area contributed by atoms with E-state index in [9.17, 15) is 4.79 Å². The summed E-state index contributed by atoms with van der Waals surface area (Å²) in [4.78, 5) is 10.4. The topological polar surface area (TPSA) is 26.3 Å². The maximum Gasteiger partial charge on any atom is 0.123 e. The maximum absolute atomic E-state index is 10.4. The molecule has 2 fully saturated rings. The summed E-state index contributed by atoms with van der Waals surface area (Å²) in [6.45, 7) is 1.73. The molecule has 2 heteroatoms. The lowest BCUT2D eigenvalue weighted by Gasteiger charge is -2.21. The number of carbonyl (C=O) groups is 1. The fourth-order valence-corrected chi connectivity index (χ4v) is 1.92. The number of ether oxygens (including phenoxy) is 1. The molecule has 10 heavy (non-hydrogen) atoms. The van der Waals surface area contributed by atoms with E-state index in [2.05, 4.69) is 0 Å². The zero-order valence-electron chi connectivity index (χ0n) is 6.01. The molecule has 1 saturated carbocycles. The fraction of sp³-hybridized carbons (Fsp3) is 0.875. The third kappa shape index (κ3) is 0.788. The van der Waals surface area contributed by atoms with E-state index in [0.29, 0.717) is 11.3 Å². The van der Waals surface area contributed by atoms with Gasteiger partial charge in [0.2, 0.25) is 0 Å². The van der Waals surface area contributed by atoms with Crippen LogP contribution in [-0.4, -0.2) is 19.5 Å². The van der Waals surface area contributed by atoms with Crippen LogP contribution in [0.3, 0.4) is 0 Å². The van der Waals surface area contributed by atoms with Crippen LogP contribution >= 0.6 is 0 Å². The predicted octanol–water partition coefficient (Wildman–Crippen LogP) is 1.00. The van der Waals surface area contributed by atoms with Gasteiger partial charge in [-0.2, -0.15) is 0 Å². The molecule has 0 aromatic carbocycles. The van der Waals surface area contributed by atoms with Gasteiger partial charge in [0.15, 0.2) is 0 Å². The van der Waals surface area contributed by atoms with Gasteiger partial charge in [-0.05, 0) is 24.7 Å². The summed E-state index contributed by atoms with van der Waals surface area (Å²) in [6.07, 6.45) is 4.46. The molecule has 56 valence electrons. The fourth-order valence-electron chi connectivity index (χ4n) is 1.92. The molecule has 1 aliphatic carbocycles. The normalized spacial score (nSPS) is 35.8. The number of rotatable bonds is 1. The molecular formula is C8H12O2. The first-order valence-corrected chi connectivity index (χ1v) is 3.90. The van der Waals surface area contributed by atoms with Crippen LogP contribution in [0.1, 0.15) is 19.3 Å². The zero-order valence-corrected chi connectivity index (χ0v) is 6.01. The minimum Gasteiger partial charge on any atom is -0.381 e. The summed E-state index contributed by atoms with van der Waals surface area (Å²) in [5.41, 5.74) is 0.403. The Labute approximate surface area is 60.6 Å². The average Bonchev–Trinajstić information content (AvgIpc) is 2.65. The van der Waals surface area contributed by atoms with Gasteiger partial charge in [-0.25, -0.2) is 0 Å². The highest BCUT2D eigenvalue weighted by molar-refractivity contribution is 5.60. The molecule has 0 bridgehead atoms. The van der Waals surface area contributed by atoms with Crippen LogP contribution in [0.25, 0.3) is 0 Å². The summed E-state index contributed by atoms with van der Waals surface area (Å²) < 4.78 is 5.22. The quantitative estimate of drug-likeness (QED) is 0.508. The van der Waals surface area contributed by atoms with Gasteiger partial charge in [-0.1, -0.05) is 0 Å². The van der Waals surface area contributed by atoms with Crippen molar-refractivity contribution in [3.05, 3.63) is 0 Å². The molecule has 0 N–H and O–H groups in total. The van der Waals surface area contributed by atoms with Crippen molar-refractivity contribution in [1.82, 2.24) is 0 Å². The Hall–Kier alpha value is -0.370. The monoisotopic (exact) mass is 140 g/mol. The van der Waals surface area contributed by atoms with Crippen molar-refractivity contribution in [2.45, 2.75) is 19.3 Å². The summed E-state index contributed by atoms with van der Waals surface area (Å²) >= 11 is 0. The van der Waals surface area contributed by atoms with Crippen molar-refractivity contribution in [2.24, 2.45) is 11.3 Å². The van der Waals surface area contributed by atoms with E-state index in [1.807, 2.05) is 0 Å². The Balaban J connectivity index is 1.97. The van der Waals surface area contributed by atoms with E-state index in [-0.39, 0.29) is 0 Å². The summed E-state index contributed by atoms with van der Waals surface area (Å²) in [5.74, 6) is 0.372. The second-order valence-electron chi connectivity index (χ2n) is 3.42. The van der Waals surface area contributed by atoms with Gasteiger partial charge < -0.3 is 9.53 Å². The second-order valence-corrected chi connectivity index (χ2v) is 3.42. The second kappa shape index (κ2) is 2.06. The van der Waals surface area contributed by atoms with Crippen LogP contribution in [0.15, 0.2) is 0 Å². The van der Waals surface area contributed by atoms with Crippen molar-refractivity contribution >= 4 is 6.29 Å². The van der Waals surface area contributed by atoms with Gasteiger partial charge in [0.1, 0.15) is 6.29 Å². The molecule has 0 amide bonds. The Bertz CT molecular complexity index is 147. The molecule has 1 heterocycles. The van der Waals surface area contributed by atoms with E-state index in [1.165, 1.54) is 0 Å². The van der Waals surface area contributed by atoms with Crippen LogP contribution in [-0.2, 0) is 9.53 Å². The molecule has 2 nitrogen and oxygen atoms in total. The van der Waals surface area contributed by atoms with Crippen LogP contribution in [0.2, 0.25) is 0 Å². The van der Waals surface area contributed by atoms with Gasteiger partial charge in [0.25, 0.3) is 0 Å². The highest BCUT2D eigenvalue weighted by Gasteiger charge is 2.53. The zero-order chi connectivity index (χ0) is 7.03. The maximum atomic E-state index is 10.4. The van der Waals surface area contributed by atoms with Gasteiger partial charge in [-0.3, -0.25) is 0 Å². The molecule has 1 unspecified atom stereocenters. The highest BCUT2D eigenvalue weighted by Crippen LogP contribution is 2.57. The van der Waals surface area contributed by atoms with Gasteiger partial charge >= 0.3 is 0 Å². The summed E-state index contributed by atoms with van der Waals surface area (Å²) in [7, 11) is 0. The molecule has 1 spiro atoms. The molecule has 0 radical (unpaired) electrons. The summed E-state index contributed by atoms with van der Waals surface area (Å²) in [5, 5.41) is 0. The lowest BCUT2D eigenvalue weighted by Crippen LogP contribution is -2.18. The highest BCUT2D eigenvalue weighted by atomic mass is 16.5. The Morgan fingerprint density at radius 3 is 2.60 bits per heavy atom. The Morgan fingerprint density at radius 2 is 2.10 bits per heavy atom. The van der Waals surface area contributed by atoms with E-state index in [1.54, 1.807) is 0 Å². The molecule has 2 aliphatic rings. The Kier molecular flexibility index (Phi) is 1.31. The largest absolute Gasteiger partial charge is 0.381 e. The lowest BCUT2D eigenvalue weighted by molar-refractivity contribution is -0.110. The Morgan fingerprint density at radius 1 is 1.40 bits per heavy atom. The molecule has 2 rings (SSSR count). The molecule has 0 aromatic rings. The average molecular weight is 140 g/mol. The van der Waals surface area contributed by atoms with Crippen LogP contribution in [0, 0.1) is 11.3 Å². The van der Waals surface area contributed by atoms with Crippen molar-refractivity contribution in [2.75, 3.05) is 13.2 Å². The van der Waals surface area contributed by atoms with E-state index >= 15 is 0 Å². The number of aldehydes is 1. The van der Waals surface area contributed by atoms with Crippen LogP contribution in [0.5, 0.6) is 0 Å². The van der Waals surface area contributed by atoms with Gasteiger partial charge in [0.05, 0.1) is 0 Å². The van der Waals surface area contributed by atoms with E-state index in [4.69, 9.17) is 4.74 Å². The van der Waals surface area contributed by atoms with Crippen LogP contribution in [0.4, 0.5) is 0 Å². The lowest BCUT2D eigenvalue weighted by atomic mass is 9.94. The number of hydrogen-bond donors (Lipinski definition) is 0.